The number of aryl methyl sites for hydroxylation is 1. The van der Waals surface area contributed by atoms with Gasteiger partial charge in [-0.3, -0.25) is 9.59 Å². The zero-order valence-corrected chi connectivity index (χ0v) is 13.0. The number of rotatable bonds is 5. The van der Waals surface area contributed by atoms with Gasteiger partial charge in [0.2, 0.25) is 11.8 Å². The van der Waals surface area contributed by atoms with Crippen LogP contribution >= 0.6 is 0 Å². The van der Waals surface area contributed by atoms with Crippen LogP contribution in [-0.2, 0) is 16.0 Å². The number of benzene rings is 1. The van der Waals surface area contributed by atoms with E-state index in [1.54, 1.807) is 11.8 Å². The molecule has 3 unspecified atom stereocenters. The molecule has 2 rings (SSSR count). The Balaban J connectivity index is 2.05. The molecule has 4 nitrogen and oxygen atoms in total. The van der Waals surface area contributed by atoms with Crippen LogP contribution in [0.2, 0.25) is 0 Å². The number of carbonyl (C=O) groups excluding carboxylic acids is 2. The Bertz CT molecular complexity index is 501. The molecule has 1 aromatic carbocycles. The van der Waals surface area contributed by atoms with Crippen LogP contribution in [0.3, 0.4) is 0 Å². The Kier molecular flexibility index (Phi) is 4.99. The van der Waals surface area contributed by atoms with Crippen LogP contribution in [0.4, 0.5) is 0 Å². The average Bonchev–Trinajstić information content (AvgIpc) is 2.49. The van der Waals surface area contributed by atoms with Gasteiger partial charge in [0.05, 0.1) is 0 Å². The number of amides is 2. The molecule has 21 heavy (non-hydrogen) atoms. The van der Waals surface area contributed by atoms with Crippen molar-refractivity contribution in [3.05, 3.63) is 35.9 Å². The van der Waals surface area contributed by atoms with Crippen LogP contribution in [0.15, 0.2) is 30.3 Å². The second kappa shape index (κ2) is 6.74. The van der Waals surface area contributed by atoms with E-state index in [2.05, 4.69) is 17.4 Å². The summed E-state index contributed by atoms with van der Waals surface area (Å²) in [7, 11) is 0. The van der Waals surface area contributed by atoms with E-state index in [9.17, 15) is 9.59 Å². The number of nitrogens with one attached hydrogen (secondary N) is 1. The Hall–Kier alpha value is -1.84. The van der Waals surface area contributed by atoms with Crippen LogP contribution in [0.1, 0.15) is 39.2 Å². The number of hydrogen-bond acceptors (Lipinski definition) is 2. The molecule has 1 aromatic rings. The first-order chi connectivity index (χ1) is 10.0. The Morgan fingerprint density at radius 1 is 1.24 bits per heavy atom. The standard InChI is InChI=1S/C17H24N2O2/c1-4-15-16(20)18-13(3)17(21)19(15)12(2)10-11-14-8-6-5-7-9-14/h5-9,12-13,15H,4,10-11H2,1-3H3,(H,18,20). The first kappa shape index (κ1) is 15.5. The Labute approximate surface area is 126 Å². The van der Waals surface area contributed by atoms with Crippen LogP contribution in [0, 0.1) is 0 Å². The number of carbonyl (C=O) groups is 2. The summed E-state index contributed by atoms with van der Waals surface area (Å²) >= 11 is 0. The smallest absolute Gasteiger partial charge is 0.245 e. The van der Waals surface area contributed by atoms with E-state index in [1.807, 2.05) is 32.0 Å². The minimum Gasteiger partial charge on any atom is -0.343 e. The van der Waals surface area contributed by atoms with Gasteiger partial charge in [-0.1, -0.05) is 37.3 Å². The first-order valence-corrected chi connectivity index (χ1v) is 7.71. The van der Waals surface area contributed by atoms with Crippen LogP contribution in [0.25, 0.3) is 0 Å². The zero-order valence-electron chi connectivity index (χ0n) is 13.0. The maximum atomic E-state index is 12.4. The van der Waals surface area contributed by atoms with E-state index in [1.165, 1.54) is 5.56 Å². The second-order valence-corrected chi connectivity index (χ2v) is 5.77. The van der Waals surface area contributed by atoms with Gasteiger partial charge in [0.25, 0.3) is 0 Å². The van der Waals surface area contributed by atoms with Crippen molar-refractivity contribution in [2.75, 3.05) is 0 Å². The summed E-state index contributed by atoms with van der Waals surface area (Å²) in [5, 5.41) is 2.76. The molecular weight excluding hydrogens is 264 g/mol. The van der Waals surface area contributed by atoms with E-state index in [0.717, 1.165) is 12.8 Å². The van der Waals surface area contributed by atoms with E-state index in [-0.39, 0.29) is 23.9 Å². The third-order valence-corrected chi connectivity index (χ3v) is 4.18. The maximum absolute atomic E-state index is 12.4. The average molecular weight is 288 g/mol. The highest BCUT2D eigenvalue weighted by Crippen LogP contribution is 2.19. The summed E-state index contributed by atoms with van der Waals surface area (Å²) in [6, 6.07) is 9.55. The van der Waals surface area contributed by atoms with E-state index < -0.39 is 6.04 Å². The molecule has 1 N–H and O–H groups in total. The molecule has 1 saturated heterocycles. The van der Waals surface area contributed by atoms with Gasteiger partial charge in [0, 0.05) is 6.04 Å². The minimum absolute atomic E-state index is 0.0296. The molecule has 2 amide bonds. The van der Waals surface area contributed by atoms with Crippen molar-refractivity contribution in [1.29, 1.82) is 0 Å². The molecular formula is C17H24N2O2. The summed E-state index contributed by atoms with van der Waals surface area (Å²) < 4.78 is 0. The van der Waals surface area contributed by atoms with Crippen molar-refractivity contribution in [2.45, 2.75) is 58.2 Å². The first-order valence-electron chi connectivity index (χ1n) is 7.71. The lowest BCUT2D eigenvalue weighted by Crippen LogP contribution is -2.64. The second-order valence-electron chi connectivity index (χ2n) is 5.77. The highest BCUT2D eigenvalue weighted by Gasteiger charge is 2.39. The number of piperazine rings is 1. The molecule has 4 heteroatoms. The molecule has 0 aliphatic carbocycles. The van der Waals surface area contributed by atoms with Crippen LogP contribution < -0.4 is 5.32 Å². The predicted molar refractivity (Wildman–Crippen MR) is 82.8 cm³/mol. The Morgan fingerprint density at radius 2 is 1.90 bits per heavy atom. The van der Waals surface area contributed by atoms with Crippen molar-refractivity contribution >= 4 is 11.8 Å². The molecule has 0 aromatic heterocycles. The molecule has 0 bridgehead atoms. The predicted octanol–water partition coefficient (Wildman–Crippen LogP) is 2.13. The van der Waals surface area contributed by atoms with Gasteiger partial charge in [-0.15, -0.1) is 0 Å². The van der Waals surface area contributed by atoms with Crippen molar-refractivity contribution in [3.8, 4) is 0 Å². The lowest BCUT2D eigenvalue weighted by atomic mass is 9.99. The fourth-order valence-corrected chi connectivity index (χ4v) is 2.94. The maximum Gasteiger partial charge on any atom is 0.245 e. The van der Waals surface area contributed by atoms with Crippen LogP contribution in [-0.4, -0.2) is 34.8 Å². The fraction of sp³-hybridized carbons (Fsp3) is 0.529. The van der Waals surface area contributed by atoms with Crippen LogP contribution in [0.5, 0.6) is 0 Å². The lowest BCUT2D eigenvalue weighted by Gasteiger charge is -2.41. The quantitative estimate of drug-likeness (QED) is 0.902. The molecule has 1 heterocycles. The number of nitrogens with zero attached hydrogens (tertiary/aromatic N) is 1. The van der Waals surface area contributed by atoms with Gasteiger partial charge in [-0.05, 0) is 38.7 Å². The third kappa shape index (κ3) is 3.43. The molecule has 1 aliphatic heterocycles. The summed E-state index contributed by atoms with van der Waals surface area (Å²) in [4.78, 5) is 26.3. The molecule has 0 radical (unpaired) electrons. The van der Waals surface area contributed by atoms with E-state index >= 15 is 0 Å². The van der Waals surface area contributed by atoms with Crippen molar-refractivity contribution in [1.82, 2.24) is 10.2 Å². The monoisotopic (exact) mass is 288 g/mol. The lowest BCUT2D eigenvalue weighted by molar-refractivity contribution is -0.151. The third-order valence-electron chi connectivity index (χ3n) is 4.18. The fourth-order valence-electron chi connectivity index (χ4n) is 2.94. The van der Waals surface area contributed by atoms with Gasteiger partial charge >= 0.3 is 0 Å². The van der Waals surface area contributed by atoms with E-state index in [4.69, 9.17) is 0 Å². The van der Waals surface area contributed by atoms with Gasteiger partial charge < -0.3 is 10.2 Å². The number of hydrogen-bond donors (Lipinski definition) is 1. The van der Waals surface area contributed by atoms with E-state index in [0.29, 0.717) is 6.42 Å². The molecule has 0 spiro atoms. The van der Waals surface area contributed by atoms with Gasteiger partial charge in [0.1, 0.15) is 12.1 Å². The van der Waals surface area contributed by atoms with Gasteiger partial charge in [0.15, 0.2) is 0 Å². The van der Waals surface area contributed by atoms with Gasteiger partial charge in [-0.2, -0.15) is 0 Å². The topological polar surface area (TPSA) is 49.4 Å². The molecule has 3 atom stereocenters. The minimum atomic E-state index is -0.417. The largest absolute Gasteiger partial charge is 0.343 e. The Morgan fingerprint density at radius 3 is 2.52 bits per heavy atom. The summed E-state index contributed by atoms with van der Waals surface area (Å²) in [6.07, 6.45) is 2.43. The highest BCUT2D eigenvalue weighted by molar-refractivity contribution is 5.96. The zero-order chi connectivity index (χ0) is 15.4. The molecule has 114 valence electrons. The van der Waals surface area contributed by atoms with Crippen molar-refractivity contribution in [2.24, 2.45) is 0 Å². The summed E-state index contributed by atoms with van der Waals surface area (Å²) in [5.74, 6) is -0.00169. The summed E-state index contributed by atoms with van der Waals surface area (Å²) in [5.41, 5.74) is 1.26. The van der Waals surface area contributed by atoms with Crippen molar-refractivity contribution < 1.29 is 9.59 Å². The van der Waals surface area contributed by atoms with Crippen molar-refractivity contribution in [3.63, 3.8) is 0 Å². The molecule has 0 saturated carbocycles. The highest BCUT2D eigenvalue weighted by atomic mass is 16.2. The summed E-state index contributed by atoms with van der Waals surface area (Å²) in [6.45, 7) is 5.74. The molecule has 1 aliphatic rings. The SMILES string of the molecule is CCC1C(=O)NC(C)C(=O)N1C(C)CCc1ccccc1. The molecule has 1 fully saturated rings. The van der Waals surface area contributed by atoms with Gasteiger partial charge in [-0.25, -0.2) is 0 Å². The normalized spacial score (nSPS) is 23.9.